The normalized spacial score (nSPS) is 24.5. The zero-order valence-electron chi connectivity index (χ0n) is 28.4. The van der Waals surface area contributed by atoms with Gasteiger partial charge in [-0.1, -0.05) is 135 Å². The van der Waals surface area contributed by atoms with Crippen molar-refractivity contribution in [1.82, 2.24) is 0 Å². The number of carbonyl (C=O) groups is 2. The summed E-state index contributed by atoms with van der Waals surface area (Å²) in [5.74, 6) is -0.350. The molecule has 2 N–H and O–H groups in total. The lowest BCUT2D eigenvalue weighted by Crippen LogP contribution is -2.35. The third-order valence-corrected chi connectivity index (χ3v) is 8.31. The standard InChI is InChI=1S/C40H52O4/c1-27(17-13-19-29(3)21-23-33-31(5)37(43)35(41)25-39(33,7)8)15-11-12-16-28(2)18-14-20-30(4)22-24-34-32(6)38(44)36(42)26-40(34,9)10/h11-24,35-36,41-42H,25-26H2,1-10H3/b12-11?,17-13+,18-14?,23-21+,24-22?,27-15?,28-16?,29-19+,30-20?/t35-,36-/m0/s1. The van der Waals surface area contributed by atoms with Gasteiger partial charge in [0.05, 0.1) is 0 Å². The van der Waals surface area contributed by atoms with E-state index in [2.05, 4.69) is 65.8 Å². The Labute approximate surface area is 265 Å². The van der Waals surface area contributed by atoms with Crippen LogP contribution in [0.15, 0.2) is 130 Å². The third-order valence-electron chi connectivity index (χ3n) is 8.31. The minimum Gasteiger partial charge on any atom is -0.385 e. The van der Waals surface area contributed by atoms with Gasteiger partial charge in [0.2, 0.25) is 0 Å². The highest BCUT2D eigenvalue weighted by molar-refractivity contribution is 6.01. The van der Waals surface area contributed by atoms with E-state index in [1.807, 2.05) is 74.6 Å². The molecule has 0 spiro atoms. The molecule has 2 aliphatic carbocycles. The summed E-state index contributed by atoms with van der Waals surface area (Å²) in [6.45, 7) is 20.0. The van der Waals surface area contributed by atoms with E-state index in [1.54, 1.807) is 13.8 Å². The van der Waals surface area contributed by atoms with Crippen LogP contribution in [0.25, 0.3) is 0 Å². The van der Waals surface area contributed by atoms with Crippen molar-refractivity contribution in [1.29, 1.82) is 0 Å². The fraction of sp³-hybridized carbons (Fsp3) is 0.400. The first-order chi connectivity index (χ1) is 20.5. The van der Waals surface area contributed by atoms with Crippen molar-refractivity contribution in [3.63, 3.8) is 0 Å². The van der Waals surface area contributed by atoms with Gasteiger partial charge >= 0.3 is 0 Å². The molecule has 2 aliphatic rings. The van der Waals surface area contributed by atoms with Crippen molar-refractivity contribution in [3.8, 4) is 0 Å². The molecular formula is C40H52O4. The Morgan fingerprint density at radius 2 is 0.864 bits per heavy atom. The molecule has 0 aromatic heterocycles. The predicted octanol–water partition coefficient (Wildman–Crippen LogP) is 8.91. The predicted molar refractivity (Wildman–Crippen MR) is 185 cm³/mol. The number of aliphatic hydroxyl groups is 2. The molecule has 0 unspecified atom stereocenters. The molecule has 4 nitrogen and oxygen atoms in total. The van der Waals surface area contributed by atoms with Crippen LogP contribution in [-0.2, 0) is 9.59 Å². The minimum absolute atomic E-state index is 0.175. The van der Waals surface area contributed by atoms with E-state index in [0.29, 0.717) is 24.0 Å². The Bertz CT molecular complexity index is 1340. The van der Waals surface area contributed by atoms with Gasteiger partial charge < -0.3 is 10.2 Å². The van der Waals surface area contributed by atoms with Gasteiger partial charge in [-0.05, 0) is 87.5 Å². The molecule has 0 aromatic rings. The molecule has 0 fully saturated rings. The molecule has 0 radical (unpaired) electrons. The van der Waals surface area contributed by atoms with Gasteiger partial charge in [0.15, 0.2) is 11.6 Å². The largest absolute Gasteiger partial charge is 0.385 e. The van der Waals surface area contributed by atoms with Crippen LogP contribution in [0.4, 0.5) is 0 Å². The second-order valence-corrected chi connectivity index (χ2v) is 13.4. The van der Waals surface area contributed by atoms with Crippen LogP contribution in [0.5, 0.6) is 0 Å². The van der Waals surface area contributed by atoms with Gasteiger partial charge in [-0.25, -0.2) is 0 Å². The fourth-order valence-corrected chi connectivity index (χ4v) is 5.62. The van der Waals surface area contributed by atoms with E-state index in [0.717, 1.165) is 33.4 Å². The van der Waals surface area contributed by atoms with Crippen molar-refractivity contribution in [2.45, 2.75) is 94.3 Å². The van der Waals surface area contributed by atoms with E-state index >= 15 is 0 Å². The van der Waals surface area contributed by atoms with Crippen LogP contribution in [0.2, 0.25) is 0 Å². The summed E-state index contributed by atoms with van der Waals surface area (Å²) < 4.78 is 0. The number of allylic oxidation sites excluding steroid dienone is 20. The van der Waals surface area contributed by atoms with E-state index in [-0.39, 0.29) is 22.4 Å². The molecule has 2 atom stereocenters. The maximum Gasteiger partial charge on any atom is 0.187 e. The van der Waals surface area contributed by atoms with Gasteiger partial charge in [-0.2, -0.15) is 0 Å². The molecule has 2 rings (SSSR count). The van der Waals surface area contributed by atoms with E-state index in [1.165, 1.54) is 0 Å². The number of ketones is 2. The lowest BCUT2D eigenvalue weighted by molar-refractivity contribution is -0.126. The molecule has 0 aliphatic heterocycles. The molecule has 0 heterocycles. The number of carbonyl (C=O) groups excluding carboxylic acids is 2. The topological polar surface area (TPSA) is 74.6 Å². The molecule has 0 aromatic carbocycles. The first-order valence-electron chi connectivity index (χ1n) is 15.4. The molecule has 4 heteroatoms. The molecule has 0 amide bonds. The van der Waals surface area contributed by atoms with E-state index < -0.39 is 12.2 Å². The van der Waals surface area contributed by atoms with E-state index in [9.17, 15) is 19.8 Å². The van der Waals surface area contributed by atoms with Crippen molar-refractivity contribution in [2.75, 3.05) is 0 Å². The Kier molecular flexibility index (Phi) is 13.2. The lowest BCUT2D eigenvalue weighted by Gasteiger charge is -2.34. The van der Waals surface area contributed by atoms with Crippen LogP contribution < -0.4 is 0 Å². The summed E-state index contributed by atoms with van der Waals surface area (Å²) in [7, 11) is 0. The van der Waals surface area contributed by atoms with Crippen LogP contribution in [-0.4, -0.2) is 34.0 Å². The summed E-state index contributed by atoms with van der Waals surface area (Å²) in [4.78, 5) is 24.5. The SMILES string of the molecule is CC(C=CC=C(C)C=CC1=C(C)C(=O)[C@@H](O)CC1(C)C)=CC=CC=C(C)/C=C/C=C(C)/C=C/C1=C(C)C(=O)[C@@H](O)CC1(C)C. The maximum atomic E-state index is 12.2. The third kappa shape index (κ3) is 10.5. The number of rotatable bonds is 10. The average molecular weight is 597 g/mol. The van der Waals surface area contributed by atoms with Gasteiger partial charge in [0.1, 0.15) is 12.2 Å². The van der Waals surface area contributed by atoms with Gasteiger partial charge in [-0.3, -0.25) is 9.59 Å². The Hall–Kier alpha value is -3.60. The molecule has 236 valence electrons. The van der Waals surface area contributed by atoms with E-state index in [4.69, 9.17) is 0 Å². The summed E-state index contributed by atoms with van der Waals surface area (Å²) in [5, 5.41) is 20.0. The highest BCUT2D eigenvalue weighted by atomic mass is 16.3. The summed E-state index contributed by atoms with van der Waals surface area (Å²) in [6, 6.07) is 0. The van der Waals surface area contributed by atoms with Crippen molar-refractivity contribution < 1.29 is 19.8 Å². The van der Waals surface area contributed by atoms with Crippen molar-refractivity contribution in [3.05, 3.63) is 130 Å². The fourth-order valence-electron chi connectivity index (χ4n) is 5.62. The van der Waals surface area contributed by atoms with Gasteiger partial charge in [-0.15, -0.1) is 0 Å². The molecule has 44 heavy (non-hydrogen) atoms. The summed E-state index contributed by atoms with van der Waals surface area (Å²) in [5.41, 5.74) is 7.16. The Balaban J connectivity index is 1.95. The average Bonchev–Trinajstić information content (AvgIpc) is 2.92. The zero-order valence-corrected chi connectivity index (χ0v) is 28.4. The monoisotopic (exact) mass is 596 g/mol. The van der Waals surface area contributed by atoms with Crippen LogP contribution >= 0.6 is 0 Å². The molecule has 0 bridgehead atoms. The van der Waals surface area contributed by atoms with Crippen LogP contribution in [0.1, 0.15) is 82.1 Å². The summed E-state index contributed by atoms with van der Waals surface area (Å²) >= 11 is 0. The molecular weight excluding hydrogens is 544 g/mol. The maximum absolute atomic E-state index is 12.2. The number of hydrogen-bond acceptors (Lipinski definition) is 4. The van der Waals surface area contributed by atoms with Crippen molar-refractivity contribution in [2.24, 2.45) is 10.8 Å². The van der Waals surface area contributed by atoms with Crippen molar-refractivity contribution >= 4 is 11.6 Å². The first kappa shape index (κ1) is 36.6. The Morgan fingerprint density at radius 3 is 1.20 bits per heavy atom. The quantitative estimate of drug-likeness (QED) is 0.247. The van der Waals surface area contributed by atoms with Gasteiger partial charge in [0.25, 0.3) is 0 Å². The second kappa shape index (κ2) is 15.9. The molecule has 0 saturated carbocycles. The number of Topliss-reactive ketones (excluding diaryl/α,β-unsaturated/α-hetero) is 2. The lowest BCUT2D eigenvalue weighted by atomic mass is 9.71. The number of aliphatic hydroxyl groups excluding tert-OH is 2. The van der Waals surface area contributed by atoms with Crippen LogP contribution in [0.3, 0.4) is 0 Å². The first-order valence-corrected chi connectivity index (χ1v) is 15.4. The zero-order chi connectivity index (χ0) is 33.2. The minimum atomic E-state index is -0.907. The Morgan fingerprint density at radius 1 is 0.568 bits per heavy atom. The summed E-state index contributed by atoms with van der Waals surface area (Å²) in [6.07, 6.45) is 27.5. The second-order valence-electron chi connectivity index (χ2n) is 13.4. The highest BCUT2D eigenvalue weighted by Crippen LogP contribution is 2.40. The van der Waals surface area contributed by atoms with Gasteiger partial charge in [0, 0.05) is 0 Å². The number of hydrogen-bond donors (Lipinski definition) is 2. The highest BCUT2D eigenvalue weighted by Gasteiger charge is 2.37. The van der Waals surface area contributed by atoms with Crippen LogP contribution in [0, 0.1) is 10.8 Å². The smallest absolute Gasteiger partial charge is 0.187 e. The molecule has 0 saturated heterocycles.